The van der Waals surface area contributed by atoms with E-state index in [2.05, 4.69) is 65.4 Å². The molecule has 0 spiro atoms. The molecular weight excluding hydrogens is 408 g/mol. The summed E-state index contributed by atoms with van der Waals surface area (Å²) in [5.41, 5.74) is 5.92. The minimum atomic E-state index is -0.693. The number of benzene rings is 2. The molecule has 0 aliphatic rings. The number of carbonyl (C=O) groups is 1. The van der Waals surface area contributed by atoms with Gasteiger partial charge in [-0.1, -0.05) is 87.6 Å². The van der Waals surface area contributed by atoms with Crippen LogP contribution in [0.3, 0.4) is 0 Å². The number of hydrogen-bond acceptors (Lipinski definition) is 3. The Bertz CT molecular complexity index is 964. The fourth-order valence-corrected chi connectivity index (χ4v) is 4.03. The quantitative estimate of drug-likeness (QED) is 0.261. The van der Waals surface area contributed by atoms with Gasteiger partial charge in [0, 0.05) is 29.9 Å². The van der Waals surface area contributed by atoms with Gasteiger partial charge in [-0.15, -0.1) is 0 Å². The van der Waals surface area contributed by atoms with Crippen LogP contribution in [0.1, 0.15) is 75.8 Å². The van der Waals surface area contributed by atoms with Crippen LogP contribution in [0, 0.1) is 0 Å². The topological polar surface area (TPSA) is 63.1 Å². The van der Waals surface area contributed by atoms with Crippen molar-refractivity contribution in [3.05, 3.63) is 72.1 Å². The van der Waals surface area contributed by atoms with Gasteiger partial charge >= 0.3 is 5.97 Å². The number of nitrogens with zero attached hydrogens (tertiary/aromatic N) is 2. The molecule has 1 aromatic heterocycles. The first-order chi connectivity index (χ1) is 16.2. The standard InChI is InChI=1S/C29H36N2O2/c1-2-3-7-10-23-15-19-26(20-16-23)29-30-21-27(22-31-29)25-17-13-24(14-18-25)11-8-5-4-6-9-12-28(32)33/h13-22H,2-12H2,1H3,(H,32,33). The van der Waals surface area contributed by atoms with Gasteiger partial charge in [-0.05, 0) is 48.8 Å². The number of aromatic nitrogens is 2. The Kier molecular flexibility index (Phi) is 10.1. The fraction of sp³-hybridized carbons (Fsp3) is 0.414. The normalized spacial score (nSPS) is 10.9. The van der Waals surface area contributed by atoms with E-state index in [1.807, 2.05) is 12.4 Å². The first-order valence-corrected chi connectivity index (χ1v) is 12.4. The number of unbranched alkanes of at least 4 members (excludes halogenated alkanes) is 6. The molecule has 0 radical (unpaired) electrons. The Morgan fingerprint density at radius 3 is 1.76 bits per heavy atom. The van der Waals surface area contributed by atoms with Gasteiger partial charge in [0.25, 0.3) is 0 Å². The molecule has 0 saturated carbocycles. The van der Waals surface area contributed by atoms with Crippen LogP contribution in [0.2, 0.25) is 0 Å². The highest BCUT2D eigenvalue weighted by Crippen LogP contribution is 2.22. The van der Waals surface area contributed by atoms with Gasteiger partial charge in [-0.3, -0.25) is 4.79 Å². The molecule has 174 valence electrons. The molecule has 0 aliphatic heterocycles. The van der Waals surface area contributed by atoms with Gasteiger partial charge in [0.15, 0.2) is 5.82 Å². The molecule has 3 aromatic rings. The Labute approximate surface area is 198 Å². The molecule has 2 aromatic carbocycles. The number of aryl methyl sites for hydroxylation is 2. The van der Waals surface area contributed by atoms with E-state index in [0.29, 0.717) is 0 Å². The predicted molar refractivity (Wildman–Crippen MR) is 135 cm³/mol. The van der Waals surface area contributed by atoms with Crippen molar-refractivity contribution in [1.29, 1.82) is 0 Å². The van der Waals surface area contributed by atoms with E-state index in [-0.39, 0.29) is 6.42 Å². The second-order valence-corrected chi connectivity index (χ2v) is 8.81. The maximum atomic E-state index is 10.5. The lowest BCUT2D eigenvalue weighted by Crippen LogP contribution is -1.93. The SMILES string of the molecule is CCCCCc1ccc(-c2ncc(-c3ccc(CCCCCCCC(=O)O)cc3)cn2)cc1. The Balaban J connectivity index is 1.47. The van der Waals surface area contributed by atoms with E-state index in [1.54, 1.807) is 0 Å². The van der Waals surface area contributed by atoms with Crippen molar-refractivity contribution in [2.75, 3.05) is 0 Å². The summed E-state index contributed by atoms with van der Waals surface area (Å²) in [5.74, 6) is 0.0702. The molecule has 0 fully saturated rings. The van der Waals surface area contributed by atoms with Crippen LogP contribution in [0.15, 0.2) is 60.9 Å². The number of rotatable bonds is 14. The molecule has 0 bridgehead atoms. The molecule has 1 heterocycles. The van der Waals surface area contributed by atoms with Crippen LogP contribution in [0.25, 0.3) is 22.5 Å². The second-order valence-electron chi connectivity index (χ2n) is 8.81. The van der Waals surface area contributed by atoms with E-state index in [9.17, 15) is 4.79 Å². The molecule has 0 amide bonds. The number of aliphatic carboxylic acids is 1. The highest BCUT2D eigenvalue weighted by atomic mass is 16.4. The van der Waals surface area contributed by atoms with E-state index in [0.717, 1.165) is 67.5 Å². The number of carboxylic acids is 1. The third kappa shape index (κ3) is 8.45. The van der Waals surface area contributed by atoms with Crippen molar-refractivity contribution in [3.8, 4) is 22.5 Å². The minimum Gasteiger partial charge on any atom is -0.481 e. The zero-order valence-electron chi connectivity index (χ0n) is 19.8. The lowest BCUT2D eigenvalue weighted by molar-refractivity contribution is -0.137. The maximum Gasteiger partial charge on any atom is 0.303 e. The third-order valence-corrected chi connectivity index (χ3v) is 6.08. The van der Waals surface area contributed by atoms with Crippen molar-refractivity contribution in [3.63, 3.8) is 0 Å². The summed E-state index contributed by atoms with van der Waals surface area (Å²) >= 11 is 0. The van der Waals surface area contributed by atoms with Gasteiger partial charge in [0.1, 0.15) is 0 Å². The molecule has 3 rings (SSSR count). The Hall–Kier alpha value is -3.01. The van der Waals surface area contributed by atoms with Crippen molar-refractivity contribution in [1.82, 2.24) is 9.97 Å². The van der Waals surface area contributed by atoms with E-state index in [4.69, 9.17) is 5.11 Å². The highest BCUT2D eigenvalue weighted by molar-refractivity contribution is 5.66. The maximum absolute atomic E-state index is 10.5. The predicted octanol–water partition coefficient (Wildman–Crippen LogP) is 7.51. The second kappa shape index (κ2) is 13.5. The van der Waals surface area contributed by atoms with Gasteiger partial charge in [0.2, 0.25) is 0 Å². The van der Waals surface area contributed by atoms with Crippen LogP contribution in [-0.4, -0.2) is 21.0 Å². The third-order valence-electron chi connectivity index (χ3n) is 6.08. The zero-order valence-corrected chi connectivity index (χ0v) is 19.8. The van der Waals surface area contributed by atoms with E-state index >= 15 is 0 Å². The van der Waals surface area contributed by atoms with Crippen LogP contribution in [0.5, 0.6) is 0 Å². The molecule has 0 atom stereocenters. The molecule has 33 heavy (non-hydrogen) atoms. The average molecular weight is 445 g/mol. The Morgan fingerprint density at radius 2 is 1.18 bits per heavy atom. The Morgan fingerprint density at radius 1 is 0.667 bits per heavy atom. The average Bonchev–Trinajstić information content (AvgIpc) is 2.84. The summed E-state index contributed by atoms with van der Waals surface area (Å²) in [6.07, 6.45) is 15.3. The smallest absolute Gasteiger partial charge is 0.303 e. The number of carboxylic acid groups (broad SMARTS) is 1. The monoisotopic (exact) mass is 444 g/mol. The molecule has 1 N–H and O–H groups in total. The largest absolute Gasteiger partial charge is 0.481 e. The highest BCUT2D eigenvalue weighted by Gasteiger charge is 2.05. The van der Waals surface area contributed by atoms with Crippen molar-refractivity contribution in [2.45, 2.75) is 77.6 Å². The van der Waals surface area contributed by atoms with Gasteiger partial charge < -0.3 is 5.11 Å². The lowest BCUT2D eigenvalue weighted by atomic mass is 10.0. The van der Waals surface area contributed by atoms with Crippen LogP contribution < -0.4 is 0 Å². The summed E-state index contributed by atoms with van der Waals surface area (Å²) in [6.45, 7) is 2.23. The molecule has 0 saturated heterocycles. The van der Waals surface area contributed by atoms with Crippen molar-refractivity contribution in [2.24, 2.45) is 0 Å². The van der Waals surface area contributed by atoms with Crippen LogP contribution in [-0.2, 0) is 17.6 Å². The molecule has 0 unspecified atom stereocenters. The zero-order chi connectivity index (χ0) is 23.3. The van der Waals surface area contributed by atoms with Gasteiger partial charge in [-0.25, -0.2) is 9.97 Å². The first kappa shape index (κ1) is 24.6. The fourth-order valence-electron chi connectivity index (χ4n) is 4.03. The van der Waals surface area contributed by atoms with Gasteiger partial charge in [0.05, 0.1) is 0 Å². The van der Waals surface area contributed by atoms with Crippen LogP contribution >= 0.6 is 0 Å². The summed E-state index contributed by atoms with van der Waals surface area (Å²) in [4.78, 5) is 19.7. The van der Waals surface area contributed by atoms with Crippen LogP contribution in [0.4, 0.5) is 0 Å². The van der Waals surface area contributed by atoms with Gasteiger partial charge in [-0.2, -0.15) is 0 Å². The molecular formula is C29H36N2O2. The minimum absolute atomic E-state index is 0.289. The first-order valence-electron chi connectivity index (χ1n) is 12.4. The van der Waals surface area contributed by atoms with Crippen molar-refractivity contribution >= 4 is 5.97 Å². The molecule has 4 nitrogen and oxygen atoms in total. The summed E-state index contributed by atoms with van der Waals surface area (Å²) in [7, 11) is 0. The summed E-state index contributed by atoms with van der Waals surface area (Å²) < 4.78 is 0. The molecule has 4 heteroatoms. The van der Waals surface area contributed by atoms with E-state index < -0.39 is 5.97 Å². The van der Waals surface area contributed by atoms with E-state index in [1.165, 1.54) is 30.4 Å². The summed E-state index contributed by atoms with van der Waals surface area (Å²) in [5, 5.41) is 8.67. The molecule has 0 aliphatic carbocycles. The lowest BCUT2D eigenvalue weighted by Gasteiger charge is -2.06. The summed E-state index contributed by atoms with van der Waals surface area (Å²) in [6, 6.07) is 17.3. The number of hydrogen-bond donors (Lipinski definition) is 1. The van der Waals surface area contributed by atoms with Crippen molar-refractivity contribution < 1.29 is 9.90 Å².